The van der Waals surface area contributed by atoms with Gasteiger partial charge >= 0.3 is 0 Å². The first-order valence-electron chi connectivity index (χ1n) is 8.03. The maximum atomic E-state index is 12.7. The number of rotatable bonds is 4. The molecule has 2 aliphatic rings. The highest BCUT2D eigenvalue weighted by Gasteiger charge is 2.52. The number of ketones is 1. The highest BCUT2D eigenvalue weighted by Crippen LogP contribution is 2.54. The van der Waals surface area contributed by atoms with Gasteiger partial charge in [0, 0.05) is 23.6 Å². The molecule has 1 aliphatic carbocycles. The lowest BCUT2D eigenvalue weighted by Crippen LogP contribution is -2.35. The third-order valence-electron chi connectivity index (χ3n) is 4.82. The largest absolute Gasteiger partial charge is 0.497 e. The van der Waals surface area contributed by atoms with Crippen LogP contribution in [0.3, 0.4) is 0 Å². The summed E-state index contributed by atoms with van der Waals surface area (Å²) in [5, 5.41) is 0. The molecule has 122 valence electrons. The number of nitrogens with zero attached hydrogens (tertiary/aromatic N) is 2. The van der Waals surface area contributed by atoms with Gasteiger partial charge in [-0.3, -0.25) is 14.6 Å². The highest BCUT2D eigenvalue weighted by molar-refractivity contribution is 6.02. The molecule has 2 atom stereocenters. The number of ether oxygens (including phenoxy) is 1. The van der Waals surface area contributed by atoms with Crippen LogP contribution in [0.4, 0.5) is 5.69 Å². The normalized spacial score (nSPS) is 21.1. The van der Waals surface area contributed by atoms with E-state index >= 15 is 0 Å². The van der Waals surface area contributed by atoms with E-state index in [9.17, 15) is 9.59 Å². The van der Waals surface area contributed by atoms with Gasteiger partial charge < -0.3 is 9.64 Å². The molecule has 0 N–H and O–H groups in total. The van der Waals surface area contributed by atoms with E-state index in [-0.39, 0.29) is 23.5 Å². The first-order valence-corrected chi connectivity index (χ1v) is 8.03. The lowest BCUT2D eigenvalue weighted by molar-refractivity contribution is -0.120. The molecule has 2 heterocycles. The Hall–Kier alpha value is -2.69. The van der Waals surface area contributed by atoms with E-state index < -0.39 is 0 Å². The molecule has 5 heteroatoms. The number of benzene rings is 1. The molecule has 1 aliphatic heterocycles. The van der Waals surface area contributed by atoms with Crippen molar-refractivity contribution in [3.05, 3.63) is 53.3 Å². The lowest BCUT2D eigenvalue weighted by Gasteiger charge is -2.29. The average Bonchev–Trinajstić information content (AvgIpc) is 3.39. The number of hydrogen-bond acceptors (Lipinski definition) is 4. The Morgan fingerprint density at radius 2 is 2.04 bits per heavy atom. The molecule has 0 radical (unpaired) electrons. The van der Waals surface area contributed by atoms with Gasteiger partial charge in [0.25, 0.3) is 0 Å². The third-order valence-corrected chi connectivity index (χ3v) is 4.82. The molecule has 1 fully saturated rings. The van der Waals surface area contributed by atoms with Gasteiger partial charge in [-0.15, -0.1) is 0 Å². The molecular weight excluding hydrogens is 304 g/mol. The van der Waals surface area contributed by atoms with Crippen molar-refractivity contribution in [1.82, 2.24) is 4.98 Å². The van der Waals surface area contributed by atoms with E-state index in [1.54, 1.807) is 24.3 Å². The van der Waals surface area contributed by atoms with Crippen molar-refractivity contribution in [3.8, 4) is 5.75 Å². The van der Waals surface area contributed by atoms with E-state index in [1.165, 1.54) is 6.92 Å². The first kappa shape index (κ1) is 14.9. The minimum atomic E-state index is -0.0416. The fraction of sp³-hybridized carbons (Fsp3) is 0.316. The summed E-state index contributed by atoms with van der Waals surface area (Å²) in [4.78, 5) is 30.7. The maximum Gasteiger partial charge on any atom is 0.231 e. The monoisotopic (exact) mass is 322 g/mol. The number of methoxy groups -OCH3 is 1. The van der Waals surface area contributed by atoms with Gasteiger partial charge in [-0.25, -0.2) is 0 Å². The smallest absolute Gasteiger partial charge is 0.231 e. The minimum Gasteiger partial charge on any atom is -0.497 e. The first-order chi connectivity index (χ1) is 11.6. The van der Waals surface area contributed by atoms with E-state index in [4.69, 9.17) is 4.74 Å². The molecule has 1 saturated carbocycles. The molecule has 2 aromatic rings. The summed E-state index contributed by atoms with van der Waals surface area (Å²) in [6, 6.07) is 9.48. The summed E-state index contributed by atoms with van der Waals surface area (Å²) in [6.45, 7) is 1.99. The second-order valence-electron chi connectivity index (χ2n) is 6.41. The molecule has 0 spiro atoms. The zero-order valence-corrected chi connectivity index (χ0v) is 13.7. The van der Waals surface area contributed by atoms with Crippen molar-refractivity contribution < 1.29 is 14.3 Å². The van der Waals surface area contributed by atoms with Crippen molar-refractivity contribution in [1.29, 1.82) is 0 Å². The quantitative estimate of drug-likeness (QED) is 0.812. The minimum absolute atomic E-state index is 0.0416. The Bertz CT molecular complexity index is 829. The highest BCUT2D eigenvalue weighted by atomic mass is 16.5. The van der Waals surface area contributed by atoms with Crippen molar-refractivity contribution in [2.45, 2.75) is 25.8 Å². The van der Waals surface area contributed by atoms with Gasteiger partial charge in [0.1, 0.15) is 5.75 Å². The van der Waals surface area contributed by atoms with E-state index in [2.05, 4.69) is 4.98 Å². The molecule has 1 aromatic heterocycles. The number of carbonyl (C=O) groups is 2. The molecule has 0 saturated heterocycles. The molecule has 24 heavy (non-hydrogen) atoms. The summed E-state index contributed by atoms with van der Waals surface area (Å²) in [7, 11) is 1.63. The number of carbonyl (C=O) groups excluding carboxylic acids is 2. The maximum absolute atomic E-state index is 12.7. The number of aromatic nitrogens is 1. The number of hydrogen-bond donors (Lipinski definition) is 0. The van der Waals surface area contributed by atoms with Gasteiger partial charge in [0.15, 0.2) is 5.78 Å². The van der Waals surface area contributed by atoms with E-state index in [0.717, 1.165) is 29.1 Å². The zero-order chi connectivity index (χ0) is 16.8. The van der Waals surface area contributed by atoms with Crippen molar-refractivity contribution in [3.63, 3.8) is 0 Å². The molecular formula is C19H18N2O3. The number of anilines is 1. The van der Waals surface area contributed by atoms with Crippen LogP contribution < -0.4 is 9.64 Å². The molecule has 0 bridgehead atoms. The second-order valence-corrected chi connectivity index (χ2v) is 6.41. The Morgan fingerprint density at radius 1 is 1.29 bits per heavy atom. The molecule has 5 nitrogen and oxygen atoms in total. The SMILES string of the molecule is COc1ccc(CN2C(=O)C3CC3c3ncc(C(C)=O)cc32)cc1. The second kappa shape index (κ2) is 5.44. The molecule has 1 aromatic carbocycles. The Labute approximate surface area is 140 Å². The summed E-state index contributed by atoms with van der Waals surface area (Å²) >= 11 is 0. The fourth-order valence-electron chi connectivity index (χ4n) is 3.32. The predicted molar refractivity (Wildman–Crippen MR) is 89.3 cm³/mol. The van der Waals surface area contributed by atoms with Crippen LogP contribution in [0.2, 0.25) is 0 Å². The van der Waals surface area contributed by atoms with E-state index in [0.29, 0.717) is 12.1 Å². The van der Waals surface area contributed by atoms with Crippen LogP contribution in [-0.2, 0) is 11.3 Å². The van der Waals surface area contributed by atoms with Gasteiger partial charge in [-0.05, 0) is 37.1 Å². The van der Waals surface area contributed by atoms with Crippen LogP contribution in [0.15, 0.2) is 36.5 Å². The number of fused-ring (bicyclic) bond motifs is 3. The summed E-state index contributed by atoms with van der Waals surface area (Å²) in [5.74, 6) is 1.14. The van der Waals surface area contributed by atoms with Gasteiger partial charge in [0.2, 0.25) is 5.91 Å². The number of amides is 1. The summed E-state index contributed by atoms with van der Waals surface area (Å²) < 4.78 is 5.17. The molecule has 1 amide bonds. The standard InChI is InChI=1S/C19H18N2O3/c1-11(22)13-7-17-18(20-9-13)15-8-16(15)19(23)21(17)10-12-3-5-14(24-2)6-4-12/h3-7,9,15-16H,8,10H2,1-2H3. The van der Waals surface area contributed by atoms with E-state index in [1.807, 2.05) is 24.3 Å². The summed E-state index contributed by atoms with van der Waals surface area (Å²) in [5.41, 5.74) is 3.28. The van der Waals surface area contributed by atoms with Crippen LogP contribution in [0, 0.1) is 5.92 Å². The predicted octanol–water partition coefficient (Wildman–Crippen LogP) is 2.94. The Kier molecular flexibility index (Phi) is 3.37. The summed E-state index contributed by atoms with van der Waals surface area (Å²) in [6.07, 6.45) is 2.48. The van der Waals surface area contributed by atoms with Crippen LogP contribution >= 0.6 is 0 Å². The fourth-order valence-corrected chi connectivity index (χ4v) is 3.32. The number of Topliss-reactive ketones (excluding diaryl/α,β-unsaturated/α-hetero) is 1. The van der Waals surface area contributed by atoms with Crippen molar-refractivity contribution in [2.24, 2.45) is 5.92 Å². The Balaban J connectivity index is 1.71. The van der Waals surface area contributed by atoms with Gasteiger partial charge in [-0.2, -0.15) is 0 Å². The zero-order valence-electron chi connectivity index (χ0n) is 13.7. The van der Waals surface area contributed by atoms with Gasteiger partial charge in [0.05, 0.1) is 25.0 Å². The van der Waals surface area contributed by atoms with Gasteiger partial charge in [-0.1, -0.05) is 12.1 Å². The van der Waals surface area contributed by atoms with Crippen molar-refractivity contribution >= 4 is 17.4 Å². The lowest BCUT2D eigenvalue weighted by atomic mass is 10.0. The Morgan fingerprint density at radius 3 is 2.71 bits per heavy atom. The third kappa shape index (κ3) is 2.37. The molecule has 4 rings (SSSR count). The topological polar surface area (TPSA) is 59.5 Å². The molecule has 2 unspecified atom stereocenters. The van der Waals surface area contributed by atoms with Crippen molar-refractivity contribution in [2.75, 3.05) is 12.0 Å². The number of pyridine rings is 1. The van der Waals surface area contributed by atoms with Crippen LogP contribution in [-0.4, -0.2) is 23.8 Å². The van der Waals surface area contributed by atoms with Crippen LogP contribution in [0.1, 0.15) is 40.9 Å². The average molecular weight is 322 g/mol. The van der Waals surface area contributed by atoms with Crippen LogP contribution in [0.25, 0.3) is 0 Å². The van der Waals surface area contributed by atoms with Crippen LogP contribution in [0.5, 0.6) is 5.75 Å².